The molecule has 0 fully saturated rings. The first-order valence-electron chi connectivity index (χ1n) is 4.86. The maximum atomic E-state index is 10.8. The fourth-order valence-corrected chi connectivity index (χ4v) is 1.31. The molecule has 0 amide bonds. The van der Waals surface area contributed by atoms with E-state index in [2.05, 4.69) is 4.98 Å². The number of hydrogen-bond acceptors (Lipinski definition) is 5. The number of carbonyl (C=O) groups is 1. The summed E-state index contributed by atoms with van der Waals surface area (Å²) in [7, 11) is 0. The highest BCUT2D eigenvalue weighted by Crippen LogP contribution is 2.12. The van der Waals surface area contributed by atoms with E-state index in [1.54, 1.807) is 0 Å². The van der Waals surface area contributed by atoms with Crippen molar-refractivity contribution in [2.45, 2.75) is 32.9 Å². The van der Waals surface area contributed by atoms with Gasteiger partial charge in [0.05, 0.1) is 0 Å². The van der Waals surface area contributed by atoms with Crippen molar-refractivity contribution in [1.82, 2.24) is 9.55 Å². The topological polar surface area (TPSA) is 87.3 Å². The molecular formula is C9H13N3O4. The number of hydrogen-bond donors (Lipinski definition) is 0. The van der Waals surface area contributed by atoms with Crippen molar-refractivity contribution >= 4 is 11.8 Å². The SMILES string of the molecule is CCC(Cn1cncc1[N+](=O)[O-])OC(C)=O. The molecule has 0 spiro atoms. The molecule has 0 aliphatic carbocycles. The van der Waals surface area contributed by atoms with Gasteiger partial charge in [0, 0.05) is 6.92 Å². The van der Waals surface area contributed by atoms with Crippen LogP contribution in [0, 0.1) is 10.1 Å². The third kappa shape index (κ3) is 3.04. The molecule has 0 bridgehead atoms. The number of imidazole rings is 1. The fraction of sp³-hybridized carbons (Fsp3) is 0.556. The van der Waals surface area contributed by atoms with E-state index in [0.29, 0.717) is 6.42 Å². The lowest BCUT2D eigenvalue weighted by Crippen LogP contribution is -2.22. The smallest absolute Gasteiger partial charge is 0.342 e. The standard InChI is InChI=1S/C9H13N3O4/c1-3-8(16-7(2)13)5-11-6-10-4-9(11)12(14)15/h4,6,8H,3,5H2,1-2H3. The Morgan fingerprint density at radius 1 is 1.75 bits per heavy atom. The number of esters is 1. The molecule has 0 aromatic carbocycles. The van der Waals surface area contributed by atoms with E-state index in [4.69, 9.17) is 4.74 Å². The van der Waals surface area contributed by atoms with Crippen LogP contribution in [0.4, 0.5) is 5.82 Å². The van der Waals surface area contributed by atoms with Crippen molar-refractivity contribution in [1.29, 1.82) is 0 Å². The van der Waals surface area contributed by atoms with Crippen LogP contribution < -0.4 is 0 Å². The maximum absolute atomic E-state index is 10.8. The molecule has 1 unspecified atom stereocenters. The number of aromatic nitrogens is 2. The minimum Gasteiger partial charge on any atom is -0.458 e. The van der Waals surface area contributed by atoms with Crippen molar-refractivity contribution < 1.29 is 14.5 Å². The molecule has 88 valence electrons. The number of nitro groups is 1. The highest BCUT2D eigenvalue weighted by Gasteiger charge is 2.19. The highest BCUT2D eigenvalue weighted by molar-refractivity contribution is 5.66. The van der Waals surface area contributed by atoms with Crippen LogP contribution in [0.25, 0.3) is 0 Å². The average molecular weight is 227 g/mol. The minimum absolute atomic E-state index is 0.106. The van der Waals surface area contributed by atoms with Crippen LogP contribution in [0.5, 0.6) is 0 Å². The summed E-state index contributed by atoms with van der Waals surface area (Å²) < 4.78 is 6.36. The first-order chi connectivity index (χ1) is 7.54. The highest BCUT2D eigenvalue weighted by atomic mass is 16.6. The Kier molecular flexibility index (Phi) is 3.98. The zero-order valence-corrected chi connectivity index (χ0v) is 9.12. The number of ether oxygens (including phenoxy) is 1. The van der Waals surface area contributed by atoms with E-state index in [1.165, 1.54) is 24.0 Å². The van der Waals surface area contributed by atoms with Crippen LogP contribution in [0.3, 0.4) is 0 Å². The van der Waals surface area contributed by atoms with Crippen LogP contribution in [-0.2, 0) is 16.1 Å². The molecule has 16 heavy (non-hydrogen) atoms. The van der Waals surface area contributed by atoms with Crippen molar-refractivity contribution in [3.05, 3.63) is 22.6 Å². The van der Waals surface area contributed by atoms with Gasteiger partial charge >= 0.3 is 11.8 Å². The molecule has 0 saturated carbocycles. The summed E-state index contributed by atoms with van der Waals surface area (Å²) in [5, 5.41) is 10.6. The van der Waals surface area contributed by atoms with Gasteiger partial charge in [-0.1, -0.05) is 6.92 Å². The van der Waals surface area contributed by atoms with E-state index in [0.717, 1.165) is 0 Å². The molecule has 1 atom stereocenters. The second kappa shape index (κ2) is 5.24. The van der Waals surface area contributed by atoms with Crippen LogP contribution in [-0.4, -0.2) is 26.5 Å². The number of rotatable bonds is 5. The van der Waals surface area contributed by atoms with Gasteiger partial charge in [-0.3, -0.25) is 4.79 Å². The molecule has 0 radical (unpaired) electrons. The van der Waals surface area contributed by atoms with E-state index in [1.807, 2.05) is 6.92 Å². The summed E-state index contributed by atoms with van der Waals surface area (Å²) in [4.78, 5) is 24.6. The Bertz CT molecular complexity index is 388. The van der Waals surface area contributed by atoms with Crippen LogP contribution in [0.1, 0.15) is 20.3 Å². The average Bonchev–Trinajstić information content (AvgIpc) is 2.64. The van der Waals surface area contributed by atoms with Gasteiger partial charge in [-0.25, -0.2) is 9.55 Å². The van der Waals surface area contributed by atoms with Crippen molar-refractivity contribution in [3.8, 4) is 0 Å². The summed E-state index contributed by atoms with van der Waals surface area (Å²) in [5.41, 5.74) is 0. The summed E-state index contributed by atoms with van der Waals surface area (Å²) in [6.45, 7) is 3.40. The van der Waals surface area contributed by atoms with E-state index >= 15 is 0 Å². The summed E-state index contributed by atoms with van der Waals surface area (Å²) in [6.07, 6.45) is 2.74. The van der Waals surface area contributed by atoms with Gasteiger partial charge in [0.2, 0.25) is 0 Å². The third-order valence-corrected chi connectivity index (χ3v) is 2.07. The van der Waals surface area contributed by atoms with Gasteiger partial charge in [0.25, 0.3) is 0 Å². The quantitative estimate of drug-likeness (QED) is 0.427. The van der Waals surface area contributed by atoms with Crippen molar-refractivity contribution in [2.75, 3.05) is 0 Å². The molecule has 0 aliphatic rings. The zero-order chi connectivity index (χ0) is 12.1. The summed E-state index contributed by atoms with van der Waals surface area (Å²) in [6, 6.07) is 0. The first kappa shape index (κ1) is 12.2. The minimum atomic E-state index is -0.520. The third-order valence-electron chi connectivity index (χ3n) is 2.07. The maximum Gasteiger partial charge on any atom is 0.342 e. The van der Waals surface area contributed by atoms with Crippen LogP contribution in [0.2, 0.25) is 0 Å². The van der Waals surface area contributed by atoms with Gasteiger partial charge in [0.1, 0.15) is 18.8 Å². The fourth-order valence-electron chi connectivity index (χ4n) is 1.31. The second-order valence-electron chi connectivity index (χ2n) is 3.30. The monoisotopic (exact) mass is 227 g/mol. The zero-order valence-electron chi connectivity index (χ0n) is 9.12. The molecule has 0 aliphatic heterocycles. The Morgan fingerprint density at radius 2 is 2.44 bits per heavy atom. The molecular weight excluding hydrogens is 214 g/mol. The Morgan fingerprint density at radius 3 is 2.94 bits per heavy atom. The number of carbonyl (C=O) groups excluding carboxylic acids is 1. The second-order valence-corrected chi connectivity index (χ2v) is 3.30. The Labute approximate surface area is 92.2 Å². The lowest BCUT2D eigenvalue weighted by atomic mass is 10.3. The van der Waals surface area contributed by atoms with E-state index in [9.17, 15) is 14.9 Å². The van der Waals surface area contributed by atoms with Crippen LogP contribution in [0.15, 0.2) is 12.5 Å². The molecule has 1 heterocycles. The summed E-state index contributed by atoms with van der Waals surface area (Å²) in [5.74, 6) is -0.500. The van der Waals surface area contributed by atoms with Gasteiger partial charge < -0.3 is 14.9 Å². The normalized spacial score (nSPS) is 12.1. The largest absolute Gasteiger partial charge is 0.458 e. The lowest BCUT2D eigenvalue weighted by Gasteiger charge is -2.13. The lowest BCUT2D eigenvalue weighted by molar-refractivity contribution is -0.392. The predicted octanol–water partition coefficient (Wildman–Crippen LogP) is 1.13. The van der Waals surface area contributed by atoms with Crippen molar-refractivity contribution in [2.24, 2.45) is 0 Å². The molecule has 1 aromatic rings. The Hall–Kier alpha value is -1.92. The molecule has 1 aromatic heterocycles. The Balaban J connectivity index is 2.73. The van der Waals surface area contributed by atoms with Gasteiger partial charge in [-0.05, 0) is 11.3 Å². The van der Waals surface area contributed by atoms with Gasteiger partial charge in [-0.15, -0.1) is 0 Å². The first-order valence-corrected chi connectivity index (χ1v) is 4.86. The van der Waals surface area contributed by atoms with E-state index in [-0.39, 0.29) is 18.5 Å². The molecule has 7 heteroatoms. The summed E-state index contributed by atoms with van der Waals surface area (Å²) >= 11 is 0. The molecule has 1 rings (SSSR count). The van der Waals surface area contributed by atoms with Gasteiger partial charge in [0.15, 0.2) is 6.33 Å². The molecule has 0 N–H and O–H groups in total. The predicted molar refractivity (Wildman–Crippen MR) is 54.7 cm³/mol. The van der Waals surface area contributed by atoms with E-state index < -0.39 is 10.9 Å². The molecule has 7 nitrogen and oxygen atoms in total. The number of nitrogens with zero attached hydrogens (tertiary/aromatic N) is 3. The van der Waals surface area contributed by atoms with Crippen molar-refractivity contribution in [3.63, 3.8) is 0 Å². The molecule has 0 saturated heterocycles. The van der Waals surface area contributed by atoms with Gasteiger partial charge in [-0.2, -0.15) is 0 Å². The van der Waals surface area contributed by atoms with Crippen LogP contribution >= 0.6 is 0 Å².